The number of hydrogen-bond acceptors (Lipinski definition) is 7. The second-order valence-corrected chi connectivity index (χ2v) is 7.49. The Morgan fingerprint density at radius 1 is 1.04 bits per heavy atom. The minimum atomic E-state index is -1.26. The molecular weight excluding hydrogens is 407 g/mol. The van der Waals surface area contributed by atoms with Gasteiger partial charge in [0.15, 0.2) is 6.23 Å². The van der Waals surface area contributed by atoms with Crippen LogP contribution in [0.4, 0.5) is 5.69 Å². The van der Waals surface area contributed by atoms with Crippen molar-refractivity contribution in [2.75, 3.05) is 50.0 Å². The fourth-order valence-electron chi connectivity index (χ4n) is 3.25. The van der Waals surface area contributed by atoms with Crippen molar-refractivity contribution in [2.45, 2.75) is 37.4 Å². The quantitative estimate of drug-likeness (QED) is 0.355. The lowest BCUT2D eigenvalue weighted by Crippen LogP contribution is -2.58. The summed E-state index contributed by atoms with van der Waals surface area (Å²) in [7, 11) is 1.49. The molecule has 1 aromatic carbocycles. The van der Waals surface area contributed by atoms with Crippen molar-refractivity contribution in [1.29, 1.82) is 0 Å². The molecule has 1 saturated heterocycles. The molecular formula is C19H30Cl2N2O5. The van der Waals surface area contributed by atoms with Crippen molar-refractivity contribution in [3.63, 3.8) is 0 Å². The zero-order valence-corrected chi connectivity index (χ0v) is 17.6. The van der Waals surface area contributed by atoms with Crippen molar-refractivity contribution in [2.24, 2.45) is 0 Å². The summed E-state index contributed by atoms with van der Waals surface area (Å²) in [6, 6.07) is 8.28. The molecule has 1 aliphatic rings. The summed E-state index contributed by atoms with van der Waals surface area (Å²) in [4.78, 5) is 7.46. The van der Waals surface area contributed by atoms with E-state index in [9.17, 15) is 15.3 Å². The van der Waals surface area contributed by atoms with Crippen LogP contribution in [0.5, 0.6) is 0 Å². The van der Waals surface area contributed by atoms with E-state index < -0.39 is 24.5 Å². The smallest absolute Gasteiger partial charge is 0.161 e. The predicted octanol–water partition coefficient (Wildman–Crippen LogP) is 1.21. The first-order valence-electron chi connectivity index (χ1n) is 9.44. The Hall–Kier alpha value is -0.640. The molecule has 0 aromatic heterocycles. The lowest BCUT2D eigenvalue weighted by molar-refractivity contribution is -0.305. The van der Waals surface area contributed by atoms with Gasteiger partial charge in [0, 0.05) is 37.1 Å². The first-order chi connectivity index (χ1) is 13.5. The van der Waals surface area contributed by atoms with Crippen LogP contribution in [0.2, 0.25) is 0 Å². The molecule has 0 spiro atoms. The van der Waals surface area contributed by atoms with Gasteiger partial charge < -0.3 is 25.0 Å². The molecule has 1 aliphatic heterocycles. The van der Waals surface area contributed by atoms with Gasteiger partial charge in [-0.15, -0.1) is 23.2 Å². The number of rotatable bonds is 11. The van der Waals surface area contributed by atoms with Gasteiger partial charge in [-0.05, 0) is 30.5 Å². The highest BCUT2D eigenvalue weighted by Gasteiger charge is 2.40. The van der Waals surface area contributed by atoms with Gasteiger partial charge in [-0.1, -0.05) is 12.1 Å². The molecule has 0 saturated carbocycles. The summed E-state index contributed by atoms with van der Waals surface area (Å²) < 4.78 is 5.43. The highest BCUT2D eigenvalue weighted by molar-refractivity contribution is 6.18. The molecule has 7 nitrogen and oxygen atoms in total. The second kappa shape index (κ2) is 12.1. The highest BCUT2D eigenvalue weighted by Crippen LogP contribution is 2.20. The first-order valence-corrected chi connectivity index (χ1v) is 10.5. The Balaban J connectivity index is 1.86. The van der Waals surface area contributed by atoms with E-state index in [1.54, 1.807) is 0 Å². The number of nitrogens with zero attached hydrogens (tertiary/aromatic N) is 2. The molecule has 28 heavy (non-hydrogen) atoms. The molecule has 9 heteroatoms. The summed E-state index contributed by atoms with van der Waals surface area (Å²) in [6.45, 7) is 1.96. The number of aryl methyl sites for hydroxylation is 1. The minimum absolute atomic E-state index is 0.0503. The maximum atomic E-state index is 10.1. The number of halogens is 2. The van der Waals surface area contributed by atoms with Crippen LogP contribution in [0.15, 0.2) is 24.3 Å². The van der Waals surface area contributed by atoms with E-state index in [2.05, 4.69) is 29.2 Å². The van der Waals surface area contributed by atoms with Crippen LogP contribution in [0, 0.1) is 0 Å². The molecule has 3 N–H and O–H groups in total. The number of benzene rings is 1. The lowest BCUT2D eigenvalue weighted by Gasteiger charge is -2.40. The monoisotopic (exact) mass is 436 g/mol. The van der Waals surface area contributed by atoms with Crippen LogP contribution in [0.1, 0.15) is 12.0 Å². The van der Waals surface area contributed by atoms with Gasteiger partial charge >= 0.3 is 0 Å². The van der Waals surface area contributed by atoms with Gasteiger partial charge in [-0.25, -0.2) is 0 Å². The molecule has 2 rings (SSSR count). The molecule has 1 aromatic rings. The van der Waals surface area contributed by atoms with Gasteiger partial charge in [0.05, 0.1) is 13.7 Å². The fourth-order valence-corrected chi connectivity index (χ4v) is 3.66. The van der Waals surface area contributed by atoms with Crippen LogP contribution in [0.3, 0.4) is 0 Å². The first kappa shape index (κ1) is 23.6. The summed E-state index contributed by atoms with van der Waals surface area (Å²) in [5.41, 5.74) is 2.27. The number of alkyl halides is 2. The molecule has 1 fully saturated rings. The van der Waals surface area contributed by atoms with Crippen LogP contribution in [-0.4, -0.2) is 90.0 Å². The summed E-state index contributed by atoms with van der Waals surface area (Å²) in [6.07, 6.45) is -2.82. The Labute approximate surface area is 176 Å². The Morgan fingerprint density at radius 2 is 1.68 bits per heavy atom. The summed E-state index contributed by atoms with van der Waals surface area (Å²) in [5.74, 6) is 1.10. The van der Waals surface area contributed by atoms with E-state index in [0.29, 0.717) is 18.3 Å². The van der Waals surface area contributed by atoms with E-state index in [4.69, 9.17) is 32.8 Å². The second-order valence-electron chi connectivity index (χ2n) is 6.73. The van der Waals surface area contributed by atoms with E-state index in [1.165, 1.54) is 17.7 Å². The molecule has 0 aliphatic carbocycles. The third kappa shape index (κ3) is 6.43. The molecule has 0 amide bonds. The molecule has 4 atom stereocenters. The average molecular weight is 437 g/mol. The number of aliphatic hydroxyl groups excluding tert-OH is 3. The third-order valence-electron chi connectivity index (χ3n) is 4.85. The number of hydrogen-bond donors (Lipinski definition) is 3. The fraction of sp³-hybridized carbons (Fsp3) is 0.684. The largest absolute Gasteiger partial charge is 0.388 e. The zero-order valence-electron chi connectivity index (χ0n) is 16.1. The Bertz CT molecular complexity index is 560. The molecule has 1 heterocycles. The molecule has 160 valence electrons. The van der Waals surface area contributed by atoms with Gasteiger partial charge in [-0.3, -0.25) is 4.84 Å². The topological polar surface area (TPSA) is 85.6 Å². The number of anilines is 1. The predicted molar refractivity (Wildman–Crippen MR) is 110 cm³/mol. The molecule has 0 bridgehead atoms. The van der Waals surface area contributed by atoms with Crippen molar-refractivity contribution in [3.05, 3.63) is 29.8 Å². The highest BCUT2D eigenvalue weighted by atomic mass is 35.5. The maximum Gasteiger partial charge on any atom is 0.161 e. The van der Waals surface area contributed by atoms with Crippen LogP contribution >= 0.6 is 23.2 Å². The number of ether oxygens (including phenoxy) is 1. The number of hydroxylamine groups is 2. The van der Waals surface area contributed by atoms with Crippen LogP contribution in [0.25, 0.3) is 0 Å². The van der Waals surface area contributed by atoms with Crippen molar-refractivity contribution >= 4 is 28.9 Å². The van der Waals surface area contributed by atoms with Gasteiger partial charge in [0.25, 0.3) is 0 Å². The normalized spacial score (nSPS) is 25.2. The molecule has 1 unspecified atom stereocenters. The maximum absolute atomic E-state index is 10.1. The Morgan fingerprint density at radius 3 is 2.25 bits per heavy atom. The van der Waals surface area contributed by atoms with E-state index >= 15 is 0 Å². The average Bonchev–Trinajstić information content (AvgIpc) is 2.71. The standard InChI is InChI=1S/C19H30Cl2N2O5/c1-27-23(19-18(26)17(25)16(24)13-28-19)10-2-3-14-4-6-15(7-5-14)22(11-8-20)12-9-21/h4-7,16-19,24-26H,2-3,8-13H2,1H3/t16-,17-,18+,19?/m0/s1. The van der Waals surface area contributed by atoms with E-state index in [-0.39, 0.29) is 6.61 Å². The third-order valence-corrected chi connectivity index (χ3v) is 5.18. The SMILES string of the molecule is CON(CCCc1ccc(N(CCCl)CCCl)cc1)C1OC[C@H](O)[C@H](O)[C@H]1O. The summed E-state index contributed by atoms with van der Waals surface area (Å²) in [5, 5.41) is 31.0. The minimum Gasteiger partial charge on any atom is -0.388 e. The van der Waals surface area contributed by atoms with Crippen molar-refractivity contribution < 1.29 is 24.9 Å². The Kier molecular flexibility index (Phi) is 10.3. The van der Waals surface area contributed by atoms with Gasteiger partial charge in [0.1, 0.15) is 18.3 Å². The van der Waals surface area contributed by atoms with Crippen LogP contribution in [-0.2, 0) is 16.0 Å². The number of aliphatic hydroxyl groups is 3. The van der Waals surface area contributed by atoms with Crippen LogP contribution < -0.4 is 4.90 Å². The molecule has 0 radical (unpaired) electrons. The lowest BCUT2D eigenvalue weighted by atomic mass is 10.0. The van der Waals surface area contributed by atoms with E-state index in [0.717, 1.165) is 31.6 Å². The van der Waals surface area contributed by atoms with Crippen molar-refractivity contribution in [1.82, 2.24) is 5.06 Å². The zero-order chi connectivity index (χ0) is 20.5. The van der Waals surface area contributed by atoms with Gasteiger partial charge in [-0.2, -0.15) is 5.06 Å². The van der Waals surface area contributed by atoms with Crippen molar-refractivity contribution in [3.8, 4) is 0 Å². The van der Waals surface area contributed by atoms with E-state index in [1.807, 2.05) is 0 Å². The van der Waals surface area contributed by atoms with Gasteiger partial charge in [0.2, 0.25) is 0 Å². The summed E-state index contributed by atoms with van der Waals surface area (Å²) >= 11 is 11.7.